The lowest BCUT2D eigenvalue weighted by atomic mass is 9.99. The molecule has 0 aliphatic carbocycles. The molecule has 0 bridgehead atoms. The smallest absolute Gasteiger partial charge is 0.0996 e. The molecule has 4 rings (SSSR count). The summed E-state index contributed by atoms with van der Waals surface area (Å²) in [5.41, 5.74) is 15.9. The van der Waals surface area contributed by atoms with Crippen molar-refractivity contribution in [2.24, 2.45) is 10.7 Å². The maximum Gasteiger partial charge on any atom is 0.0996 e. The van der Waals surface area contributed by atoms with Gasteiger partial charge in [0.2, 0.25) is 0 Å². The topological polar surface area (TPSA) is 79.1 Å². The fourth-order valence-corrected chi connectivity index (χ4v) is 4.97. The van der Waals surface area contributed by atoms with Crippen LogP contribution in [0.2, 0.25) is 0 Å². The lowest BCUT2D eigenvalue weighted by molar-refractivity contribution is 0.623. The standard InChI is InChI=1S/C32H41N5/c1-4-5-11-31(33)36-27-12-13-30-29(21-27)28(32(37-30)26-19-23(2)18-24(3)20-26)14-17-34-15-7-6-9-25-10-8-16-35-22-25/h8,10,12-13,16,18-22,34,37H,4-7,9,11,14-15,17H2,1-3H3,(H2,33,36). The maximum atomic E-state index is 6.21. The summed E-state index contributed by atoms with van der Waals surface area (Å²) in [7, 11) is 0. The van der Waals surface area contributed by atoms with Crippen molar-refractivity contribution in [1.82, 2.24) is 15.3 Å². The number of nitrogens with one attached hydrogen (secondary N) is 2. The van der Waals surface area contributed by atoms with E-state index in [0.717, 1.165) is 62.8 Å². The van der Waals surface area contributed by atoms with E-state index in [1.54, 1.807) is 0 Å². The quantitative estimate of drug-likeness (QED) is 0.104. The van der Waals surface area contributed by atoms with Crippen LogP contribution in [0.1, 0.15) is 61.3 Å². The minimum atomic E-state index is 0.709. The van der Waals surface area contributed by atoms with E-state index in [2.05, 4.69) is 78.5 Å². The second kappa shape index (κ2) is 13.2. The first-order chi connectivity index (χ1) is 18.0. The van der Waals surface area contributed by atoms with Gasteiger partial charge < -0.3 is 16.0 Å². The third-order valence-electron chi connectivity index (χ3n) is 6.80. The number of fused-ring (bicyclic) bond motifs is 1. The average Bonchev–Trinajstić information content (AvgIpc) is 3.25. The molecule has 2 aromatic carbocycles. The van der Waals surface area contributed by atoms with E-state index in [1.807, 2.05) is 18.5 Å². The Balaban J connectivity index is 1.50. The Hall–Kier alpha value is -3.44. The van der Waals surface area contributed by atoms with Gasteiger partial charge in [0.25, 0.3) is 0 Å². The van der Waals surface area contributed by atoms with Crippen LogP contribution in [0, 0.1) is 13.8 Å². The molecule has 2 aromatic heterocycles. The van der Waals surface area contributed by atoms with Crippen LogP contribution in [0.3, 0.4) is 0 Å². The number of H-pyrrole nitrogens is 1. The summed E-state index contributed by atoms with van der Waals surface area (Å²) in [5, 5.41) is 4.90. The third kappa shape index (κ3) is 7.53. The van der Waals surface area contributed by atoms with Crippen molar-refractivity contribution in [2.75, 3.05) is 13.1 Å². The van der Waals surface area contributed by atoms with Gasteiger partial charge in [0.15, 0.2) is 0 Å². The highest BCUT2D eigenvalue weighted by Gasteiger charge is 2.14. The van der Waals surface area contributed by atoms with Gasteiger partial charge in [-0.2, -0.15) is 0 Å². The van der Waals surface area contributed by atoms with Crippen molar-refractivity contribution in [2.45, 2.75) is 65.7 Å². The van der Waals surface area contributed by atoms with Crippen LogP contribution in [-0.4, -0.2) is 28.9 Å². The first kappa shape index (κ1) is 26.6. The fourth-order valence-electron chi connectivity index (χ4n) is 4.97. The molecular weight excluding hydrogens is 454 g/mol. The molecule has 37 heavy (non-hydrogen) atoms. The van der Waals surface area contributed by atoms with Crippen LogP contribution in [0.4, 0.5) is 5.69 Å². The number of hydrogen-bond donors (Lipinski definition) is 3. The van der Waals surface area contributed by atoms with Crippen LogP contribution in [-0.2, 0) is 12.8 Å². The number of unbranched alkanes of at least 4 members (excludes halogenated alkanes) is 2. The van der Waals surface area contributed by atoms with Crippen molar-refractivity contribution in [1.29, 1.82) is 0 Å². The van der Waals surface area contributed by atoms with Gasteiger partial charge in [0.05, 0.1) is 11.5 Å². The molecule has 0 unspecified atom stereocenters. The van der Waals surface area contributed by atoms with E-state index in [-0.39, 0.29) is 0 Å². The zero-order chi connectivity index (χ0) is 26.0. The molecule has 0 aliphatic rings. The van der Waals surface area contributed by atoms with Gasteiger partial charge in [-0.3, -0.25) is 4.98 Å². The molecule has 0 radical (unpaired) electrons. The number of hydrogen-bond acceptors (Lipinski definition) is 3. The summed E-state index contributed by atoms with van der Waals surface area (Å²) >= 11 is 0. The lowest BCUT2D eigenvalue weighted by Crippen LogP contribution is -2.18. The van der Waals surface area contributed by atoms with E-state index >= 15 is 0 Å². The molecular formula is C32H41N5. The van der Waals surface area contributed by atoms with Gasteiger partial charge in [0, 0.05) is 35.4 Å². The SMILES string of the molecule is CCCCC(N)=Nc1ccc2[nH]c(-c3cc(C)cc(C)c3)c(CCNCCCCc3cccnc3)c2c1. The van der Waals surface area contributed by atoms with Gasteiger partial charge in [-0.25, -0.2) is 4.99 Å². The molecule has 5 heteroatoms. The van der Waals surface area contributed by atoms with E-state index in [0.29, 0.717) is 5.84 Å². The highest BCUT2D eigenvalue weighted by Crippen LogP contribution is 2.34. The molecule has 0 saturated carbocycles. The summed E-state index contributed by atoms with van der Waals surface area (Å²) in [5.74, 6) is 0.709. The number of nitrogens with zero attached hydrogens (tertiary/aromatic N) is 2. The molecule has 4 aromatic rings. The van der Waals surface area contributed by atoms with Gasteiger partial charge in [-0.1, -0.05) is 36.6 Å². The summed E-state index contributed by atoms with van der Waals surface area (Å²) < 4.78 is 0. The first-order valence-corrected chi connectivity index (χ1v) is 13.7. The Morgan fingerprint density at radius 2 is 1.81 bits per heavy atom. The van der Waals surface area contributed by atoms with Crippen LogP contribution < -0.4 is 11.1 Å². The molecule has 0 spiro atoms. The molecule has 5 nitrogen and oxygen atoms in total. The minimum absolute atomic E-state index is 0.709. The molecule has 4 N–H and O–H groups in total. The Morgan fingerprint density at radius 3 is 2.57 bits per heavy atom. The number of aromatic nitrogens is 2. The van der Waals surface area contributed by atoms with Crippen molar-refractivity contribution < 1.29 is 0 Å². The van der Waals surface area contributed by atoms with E-state index in [9.17, 15) is 0 Å². The van der Waals surface area contributed by atoms with Gasteiger partial charge in [0.1, 0.15) is 0 Å². The Kier molecular flexibility index (Phi) is 9.50. The molecule has 194 valence electrons. The monoisotopic (exact) mass is 495 g/mol. The van der Waals surface area contributed by atoms with Crippen molar-refractivity contribution in [3.63, 3.8) is 0 Å². The molecule has 0 aliphatic heterocycles. The van der Waals surface area contributed by atoms with E-state index in [1.165, 1.54) is 45.3 Å². The van der Waals surface area contributed by atoms with Crippen molar-refractivity contribution in [3.8, 4) is 11.3 Å². The minimum Gasteiger partial charge on any atom is -0.387 e. The number of pyridine rings is 1. The van der Waals surface area contributed by atoms with Gasteiger partial charge >= 0.3 is 0 Å². The summed E-state index contributed by atoms with van der Waals surface area (Å²) in [4.78, 5) is 12.6. The second-order valence-electron chi connectivity index (χ2n) is 10.1. The van der Waals surface area contributed by atoms with Gasteiger partial charge in [-0.05, 0) is 112 Å². The lowest BCUT2D eigenvalue weighted by Gasteiger charge is -2.09. The van der Waals surface area contributed by atoms with Crippen LogP contribution in [0.25, 0.3) is 22.2 Å². The number of nitrogens with two attached hydrogens (primary N) is 1. The van der Waals surface area contributed by atoms with Crippen LogP contribution in [0.5, 0.6) is 0 Å². The molecule has 0 saturated heterocycles. The number of benzene rings is 2. The number of aromatic amines is 1. The maximum absolute atomic E-state index is 6.21. The number of aryl methyl sites for hydroxylation is 3. The Bertz CT molecular complexity index is 1300. The molecule has 0 amide bonds. The fraction of sp³-hybridized carbons (Fsp3) is 0.375. The van der Waals surface area contributed by atoms with E-state index in [4.69, 9.17) is 10.7 Å². The zero-order valence-electron chi connectivity index (χ0n) is 22.6. The highest BCUT2D eigenvalue weighted by atomic mass is 14.9. The van der Waals surface area contributed by atoms with Gasteiger partial charge in [-0.15, -0.1) is 0 Å². The van der Waals surface area contributed by atoms with Crippen LogP contribution in [0.15, 0.2) is 65.9 Å². The summed E-state index contributed by atoms with van der Waals surface area (Å²) in [6.07, 6.45) is 11.2. The average molecular weight is 496 g/mol. The number of rotatable bonds is 13. The Morgan fingerprint density at radius 1 is 0.973 bits per heavy atom. The third-order valence-corrected chi connectivity index (χ3v) is 6.80. The van der Waals surface area contributed by atoms with E-state index < -0.39 is 0 Å². The summed E-state index contributed by atoms with van der Waals surface area (Å²) in [6.45, 7) is 8.46. The normalized spacial score (nSPS) is 11.9. The first-order valence-electron chi connectivity index (χ1n) is 13.7. The molecule has 0 fully saturated rings. The predicted octanol–water partition coefficient (Wildman–Crippen LogP) is 7.18. The molecule has 2 heterocycles. The Labute approximate surface area is 221 Å². The zero-order valence-corrected chi connectivity index (χ0v) is 22.6. The van der Waals surface area contributed by atoms with Crippen LogP contribution >= 0.6 is 0 Å². The predicted molar refractivity (Wildman–Crippen MR) is 158 cm³/mol. The molecule has 0 atom stereocenters. The van der Waals surface area contributed by atoms with Crippen molar-refractivity contribution >= 4 is 22.4 Å². The number of aliphatic imine (C=N–C) groups is 1. The second-order valence-corrected chi connectivity index (χ2v) is 10.1. The summed E-state index contributed by atoms with van der Waals surface area (Å²) in [6, 6.07) is 17.3. The van der Waals surface area contributed by atoms with Crippen molar-refractivity contribution in [3.05, 3.63) is 83.2 Å². The largest absolute Gasteiger partial charge is 0.387 e. The number of amidine groups is 1. The highest BCUT2D eigenvalue weighted by molar-refractivity contribution is 5.94.